The fraction of sp³-hybridized carbons (Fsp3) is 0.818. The highest BCUT2D eigenvalue weighted by molar-refractivity contribution is 5.04. The Morgan fingerprint density at radius 2 is 2.38 bits per heavy atom. The molecule has 16 heavy (non-hydrogen) atoms. The molecule has 0 bridgehead atoms. The molecule has 0 radical (unpaired) electrons. The number of ether oxygens (including phenoxy) is 1. The summed E-state index contributed by atoms with van der Waals surface area (Å²) in [5.74, 6) is 1.41. The minimum Gasteiger partial charge on any atom is -0.367 e. The van der Waals surface area contributed by atoms with Crippen LogP contribution in [0.2, 0.25) is 0 Å². The molecule has 2 fully saturated rings. The number of nitrogens with zero attached hydrogens (tertiary/aromatic N) is 2. The average Bonchev–Trinajstić information content (AvgIpc) is 2.98. The zero-order valence-corrected chi connectivity index (χ0v) is 9.53. The largest absolute Gasteiger partial charge is 0.367 e. The molecule has 1 aromatic heterocycles. The third kappa shape index (κ3) is 1.64. The Hall–Kier alpha value is -0.940. The first kappa shape index (κ1) is 10.2. The van der Waals surface area contributed by atoms with E-state index >= 15 is 0 Å². The van der Waals surface area contributed by atoms with Crippen LogP contribution in [-0.4, -0.2) is 23.3 Å². The molecule has 0 amide bonds. The van der Waals surface area contributed by atoms with Crippen molar-refractivity contribution in [2.45, 2.75) is 44.2 Å². The quantitative estimate of drug-likeness (QED) is 0.823. The van der Waals surface area contributed by atoms with Crippen LogP contribution in [0.15, 0.2) is 4.52 Å². The van der Waals surface area contributed by atoms with Gasteiger partial charge in [-0.05, 0) is 39.2 Å². The van der Waals surface area contributed by atoms with Crippen LogP contribution < -0.4 is 5.32 Å². The van der Waals surface area contributed by atoms with Gasteiger partial charge in [-0.2, -0.15) is 4.98 Å². The number of hydrogen-bond acceptors (Lipinski definition) is 5. The number of aromatic nitrogens is 2. The first-order valence-electron chi connectivity index (χ1n) is 5.99. The lowest BCUT2D eigenvalue weighted by atomic mass is 10.0. The Labute approximate surface area is 94.6 Å². The van der Waals surface area contributed by atoms with Crippen LogP contribution in [0.5, 0.6) is 0 Å². The molecule has 2 saturated heterocycles. The summed E-state index contributed by atoms with van der Waals surface area (Å²) in [6.45, 7) is 3.87. The highest BCUT2D eigenvalue weighted by Gasteiger charge is 2.37. The fourth-order valence-electron chi connectivity index (χ4n) is 2.44. The lowest BCUT2D eigenvalue weighted by Crippen LogP contribution is -2.22. The van der Waals surface area contributed by atoms with Crippen molar-refractivity contribution in [2.75, 3.05) is 13.2 Å². The maximum Gasteiger partial charge on any atom is 0.243 e. The summed E-state index contributed by atoms with van der Waals surface area (Å²) in [4.78, 5) is 4.48. The molecule has 0 aromatic carbocycles. The number of rotatable bonds is 2. The standard InChI is InChI=1S/C11H17N3O2/c1-11(5-3-7-15-11)10-13-9(16-14-10)8-4-2-6-12-8/h8,12H,2-7H2,1H3/t8-,11?/m1/s1. The molecule has 3 heterocycles. The van der Waals surface area contributed by atoms with E-state index < -0.39 is 0 Å². The van der Waals surface area contributed by atoms with Gasteiger partial charge in [0.1, 0.15) is 5.60 Å². The van der Waals surface area contributed by atoms with Crippen molar-refractivity contribution in [3.63, 3.8) is 0 Å². The maximum absolute atomic E-state index is 5.70. The van der Waals surface area contributed by atoms with Gasteiger partial charge in [0.15, 0.2) is 0 Å². The molecular formula is C11H17N3O2. The van der Waals surface area contributed by atoms with Crippen LogP contribution in [0.25, 0.3) is 0 Å². The normalized spacial score (nSPS) is 34.7. The van der Waals surface area contributed by atoms with E-state index in [2.05, 4.69) is 15.5 Å². The van der Waals surface area contributed by atoms with Gasteiger partial charge in [-0.3, -0.25) is 0 Å². The molecule has 1 unspecified atom stereocenters. The van der Waals surface area contributed by atoms with E-state index in [1.54, 1.807) is 0 Å². The Morgan fingerprint density at radius 1 is 1.44 bits per heavy atom. The molecule has 1 N–H and O–H groups in total. The van der Waals surface area contributed by atoms with Crippen molar-refractivity contribution < 1.29 is 9.26 Å². The molecule has 3 rings (SSSR count). The second-order valence-electron chi connectivity index (χ2n) is 4.79. The smallest absolute Gasteiger partial charge is 0.243 e. The second-order valence-corrected chi connectivity index (χ2v) is 4.79. The first-order valence-corrected chi connectivity index (χ1v) is 5.99. The van der Waals surface area contributed by atoms with E-state index in [1.165, 1.54) is 6.42 Å². The molecular weight excluding hydrogens is 206 g/mol. The van der Waals surface area contributed by atoms with Crippen molar-refractivity contribution in [3.8, 4) is 0 Å². The third-order valence-corrected chi connectivity index (χ3v) is 3.49. The molecule has 2 atom stereocenters. The predicted octanol–water partition coefficient (Wildman–Crippen LogP) is 1.52. The third-order valence-electron chi connectivity index (χ3n) is 3.49. The van der Waals surface area contributed by atoms with Gasteiger partial charge in [0.25, 0.3) is 0 Å². The predicted molar refractivity (Wildman–Crippen MR) is 56.8 cm³/mol. The lowest BCUT2D eigenvalue weighted by molar-refractivity contribution is 0.00768. The van der Waals surface area contributed by atoms with Gasteiger partial charge in [-0.25, -0.2) is 0 Å². The van der Waals surface area contributed by atoms with E-state index in [0.29, 0.717) is 11.7 Å². The first-order chi connectivity index (χ1) is 7.78. The molecule has 5 nitrogen and oxygen atoms in total. The van der Waals surface area contributed by atoms with Crippen molar-refractivity contribution in [2.24, 2.45) is 0 Å². The Bertz CT molecular complexity index is 365. The van der Waals surface area contributed by atoms with E-state index in [1.807, 2.05) is 6.92 Å². The van der Waals surface area contributed by atoms with Crippen molar-refractivity contribution in [3.05, 3.63) is 11.7 Å². The van der Waals surface area contributed by atoms with Crippen molar-refractivity contribution in [1.82, 2.24) is 15.5 Å². The van der Waals surface area contributed by atoms with Gasteiger partial charge >= 0.3 is 0 Å². The van der Waals surface area contributed by atoms with E-state index in [9.17, 15) is 0 Å². The SMILES string of the molecule is CC1(c2noc([C@H]3CCCN3)n2)CCCO1. The Kier molecular flexibility index (Phi) is 2.44. The molecule has 5 heteroatoms. The van der Waals surface area contributed by atoms with Gasteiger partial charge in [-0.1, -0.05) is 5.16 Å². The monoisotopic (exact) mass is 223 g/mol. The van der Waals surface area contributed by atoms with Crippen LogP contribution >= 0.6 is 0 Å². The Morgan fingerprint density at radius 3 is 3.06 bits per heavy atom. The summed E-state index contributed by atoms with van der Waals surface area (Å²) < 4.78 is 11.0. The van der Waals surface area contributed by atoms with Gasteiger partial charge < -0.3 is 14.6 Å². The van der Waals surface area contributed by atoms with E-state index in [0.717, 1.165) is 32.4 Å². The number of nitrogens with one attached hydrogen (secondary N) is 1. The zero-order valence-electron chi connectivity index (χ0n) is 9.53. The van der Waals surface area contributed by atoms with Crippen molar-refractivity contribution in [1.29, 1.82) is 0 Å². The molecule has 0 saturated carbocycles. The van der Waals surface area contributed by atoms with E-state index in [-0.39, 0.29) is 11.6 Å². The van der Waals surface area contributed by atoms with Crippen LogP contribution in [0.1, 0.15) is 50.4 Å². The molecule has 88 valence electrons. The number of hydrogen-bond donors (Lipinski definition) is 1. The Balaban J connectivity index is 1.81. The minimum atomic E-state index is -0.333. The maximum atomic E-state index is 5.70. The van der Waals surface area contributed by atoms with Gasteiger partial charge in [0.2, 0.25) is 11.7 Å². The summed E-state index contributed by atoms with van der Waals surface area (Å²) in [5, 5.41) is 7.42. The van der Waals surface area contributed by atoms with E-state index in [4.69, 9.17) is 9.26 Å². The highest BCUT2D eigenvalue weighted by atomic mass is 16.5. The molecule has 2 aliphatic rings. The van der Waals surface area contributed by atoms with Gasteiger partial charge in [0, 0.05) is 6.61 Å². The molecule has 1 aromatic rings. The zero-order chi connectivity index (χ0) is 11.0. The summed E-state index contributed by atoms with van der Waals surface area (Å²) >= 11 is 0. The van der Waals surface area contributed by atoms with Crippen LogP contribution in [0, 0.1) is 0 Å². The van der Waals surface area contributed by atoms with Gasteiger partial charge in [0.05, 0.1) is 6.04 Å². The topological polar surface area (TPSA) is 60.2 Å². The fourth-order valence-corrected chi connectivity index (χ4v) is 2.44. The summed E-state index contributed by atoms with van der Waals surface area (Å²) in [6, 6.07) is 0.242. The second kappa shape index (κ2) is 3.82. The molecule has 2 aliphatic heterocycles. The highest BCUT2D eigenvalue weighted by Crippen LogP contribution is 2.34. The van der Waals surface area contributed by atoms with Crippen LogP contribution in [-0.2, 0) is 10.3 Å². The molecule has 0 aliphatic carbocycles. The summed E-state index contributed by atoms with van der Waals surface area (Å²) in [5.41, 5.74) is -0.333. The van der Waals surface area contributed by atoms with Crippen LogP contribution in [0.4, 0.5) is 0 Å². The summed E-state index contributed by atoms with van der Waals surface area (Å²) in [7, 11) is 0. The van der Waals surface area contributed by atoms with Crippen LogP contribution in [0.3, 0.4) is 0 Å². The summed E-state index contributed by atoms with van der Waals surface area (Å²) in [6.07, 6.45) is 4.31. The van der Waals surface area contributed by atoms with Gasteiger partial charge in [-0.15, -0.1) is 0 Å². The molecule has 0 spiro atoms. The van der Waals surface area contributed by atoms with Crippen molar-refractivity contribution >= 4 is 0 Å². The average molecular weight is 223 g/mol. The lowest BCUT2D eigenvalue weighted by Gasteiger charge is -2.17. The minimum absolute atomic E-state index is 0.242.